The highest BCUT2D eigenvalue weighted by Crippen LogP contribution is 2.15. The summed E-state index contributed by atoms with van der Waals surface area (Å²) in [4.78, 5) is 27.9. The van der Waals surface area contributed by atoms with Crippen LogP contribution in [0.4, 0.5) is 0 Å². The van der Waals surface area contributed by atoms with E-state index in [4.69, 9.17) is 16.7 Å². The molecule has 1 aromatic heterocycles. The fourth-order valence-electron chi connectivity index (χ4n) is 1.37. The van der Waals surface area contributed by atoms with Crippen molar-refractivity contribution in [2.45, 2.75) is 13.3 Å². The number of nitrogens with zero attached hydrogens (tertiary/aromatic N) is 2. The predicted octanol–water partition coefficient (Wildman–Crippen LogP) is 1.92. The molecule has 5 nitrogen and oxygen atoms in total. The maximum atomic E-state index is 11.9. The van der Waals surface area contributed by atoms with Crippen molar-refractivity contribution in [3.05, 3.63) is 28.5 Å². The number of hydrogen-bond acceptors (Lipinski definition) is 3. The largest absolute Gasteiger partial charge is 0.478 e. The van der Waals surface area contributed by atoms with Gasteiger partial charge in [0.1, 0.15) is 5.15 Å². The normalized spacial score (nSPS) is 10.1. The van der Waals surface area contributed by atoms with Crippen molar-refractivity contribution in [3.63, 3.8) is 0 Å². The number of rotatable bonds is 4. The van der Waals surface area contributed by atoms with Crippen LogP contribution >= 0.6 is 11.6 Å². The van der Waals surface area contributed by atoms with Crippen LogP contribution in [0.2, 0.25) is 5.15 Å². The van der Waals surface area contributed by atoms with E-state index in [9.17, 15) is 9.59 Å². The molecule has 1 heterocycles. The standard InChI is InChI=1S/C11H13ClN2O3/c1-3-4-14(2)10(15)7-5-8(11(16)17)9(12)13-6-7/h5-6H,3-4H2,1-2H3,(H,16,17). The summed E-state index contributed by atoms with van der Waals surface area (Å²) >= 11 is 5.62. The van der Waals surface area contributed by atoms with E-state index in [2.05, 4.69) is 4.98 Å². The number of carbonyl (C=O) groups is 2. The van der Waals surface area contributed by atoms with Crippen LogP contribution in [-0.2, 0) is 0 Å². The Morgan fingerprint density at radius 1 is 1.53 bits per heavy atom. The summed E-state index contributed by atoms with van der Waals surface area (Å²) in [5.74, 6) is -1.46. The van der Waals surface area contributed by atoms with Gasteiger partial charge < -0.3 is 10.0 Å². The van der Waals surface area contributed by atoms with Crippen molar-refractivity contribution in [3.8, 4) is 0 Å². The average molecular weight is 257 g/mol. The molecule has 1 aromatic rings. The maximum Gasteiger partial charge on any atom is 0.338 e. The highest BCUT2D eigenvalue weighted by Gasteiger charge is 2.16. The van der Waals surface area contributed by atoms with E-state index in [0.717, 1.165) is 6.42 Å². The van der Waals surface area contributed by atoms with Gasteiger partial charge in [0.15, 0.2) is 0 Å². The number of amides is 1. The molecule has 0 bridgehead atoms. The highest BCUT2D eigenvalue weighted by atomic mass is 35.5. The number of aromatic carboxylic acids is 1. The van der Waals surface area contributed by atoms with Crippen LogP contribution in [0, 0.1) is 0 Å². The third-order valence-electron chi connectivity index (χ3n) is 2.22. The molecule has 1 amide bonds. The van der Waals surface area contributed by atoms with Crippen LogP contribution in [0.15, 0.2) is 12.3 Å². The van der Waals surface area contributed by atoms with E-state index in [1.165, 1.54) is 17.2 Å². The minimum atomic E-state index is -1.20. The first-order valence-electron chi connectivity index (χ1n) is 5.11. The highest BCUT2D eigenvalue weighted by molar-refractivity contribution is 6.32. The van der Waals surface area contributed by atoms with E-state index in [1.807, 2.05) is 6.92 Å². The van der Waals surface area contributed by atoms with Gasteiger partial charge >= 0.3 is 5.97 Å². The molecule has 1 N–H and O–H groups in total. The SMILES string of the molecule is CCCN(C)C(=O)c1cnc(Cl)c(C(=O)O)c1. The first-order chi connectivity index (χ1) is 7.97. The molecule has 17 heavy (non-hydrogen) atoms. The topological polar surface area (TPSA) is 70.5 Å². The molecule has 0 saturated heterocycles. The number of pyridine rings is 1. The first-order valence-corrected chi connectivity index (χ1v) is 5.49. The molecule has 0 aromatic carbocycles. The lowest BCUT2D eigenvalue weighted by atomic mass is 10.2. The zero-order chi connectivity index (χ0) is 13.0. The molecule has 0 radical (unpaired) electrons. The van der Waals surface area contributed by atoms with Crippen LogP contribution in [-0.4, -0.2) is 40.5 Å². The lowest BCUT2D eigenvalue weighted by molar-refractivity contribution is 0.0696. The first kappa shape index (κ1) is 13.4. The van der Waals surface area contributed by atoms with Gasteiger partial charge in [-0.15, -0.1) is 0 Å². The Hall–Kier alpha value is -1.62. The van der Waals surface area contributed by atoms with Crippen molar-refractivity contribution in [2.75, 3.05) is 13.6 Å². The maximum absolute atomic E-state index is 11.9. The molecule has 0 aliphatic carbocycles. The zero-order valence-electron chi connectivity index (χ0n) is 9.61. The Labute approximate surface area is 104 Å². The van der Waals surface area contributed by atoms with E-state index >= 15 is 0 Å². The molecular formula is C11H13ClN2O3. The van der Waals surface area contributed by atoms with Crippen LogP contribution in [0.25, 0.3) is 0 Å². The quantitative estimate of drug-likeness (QED) is 0.836. The minimum absolute atomic E-state index is 0.118. The summed E-state index contributed by atoms with van der Waals surface area (Å²) in [5, 5.41) is 8.75. The molecule has 1 rings (SSSR count). The molecular weight excluding hydrogens is 244 g/mol. The van der Waals surface area contributed by atoms with Crippen molar-refractivity contribution in [2.24, 2.45) is 0 Å². The van der Waals surface area contributed by atoms with Crippen LogP contribution in [0.1, 0.15) is 34.1 Å². The molecule has 0 aliphatic rings. The van der Waals surface area contributed by atoms with Gasteiger partial charge in [-0.25, -0.2) is 9.78 Å². The van der Waals surface area contributed by atoms with Gasteiger partial charge in [0.05, 0.1) is 11.1 Å². The summed E-state index contributed by atoms with van der Waals surface area (Å²) in [6.45, 7) is 2.55. The predicted molar refractivity (Wildman–Crippen MR) is 63.5 cm³/mol. The summed E-state index contributed by atoms with van der Waals surface area (Å²) in [6, 6.07) is 1.24. The number of aromatic nitrogens is 1. The van der Waals surface area contributed by atoms with Gasteiger partial charge in [0.2, 0.25) is 0 Å². The van der Waals surface area contributed by atoms with Gasteiger partial charge in [-0.2, -0.15) is 0 Å². The second kappa shape index (κ2) is 5.63. The molecule has 6 heteroatoms. The van der Waals surface area contributed by atoms with Crippen molar-refractivity contribution >= 4 is 23.5 Å². The molecule has 0 unspecified atom stereocenters. The lowest BCUT2D eigenvalue weighted by Crippen LogP contribution is -2.27. The van der Waals surface area contributed by atoms with E-state index in [1.54, 1.807) is 7.05 Å². The van der Waals surface area contributed by atoms with E-state index in [0.29, 0.717) is 6.54 Å². The number of carboxylic acid groups (broad SMARTS) is 1. The fourth-order valence-corrected chi connectivity index (χ4v) is 1.56. The third kappa shape index (κ3) is 3.17. The van der Waals surface area contributed by atoms with Crippen LogP contribution in [0.3, 0.4) is 0 Å². The van der Waals surface area contributed by atoms with E-state index < -0.39 is 5.97 Å². The monoisotopic (exact) mass is 256 g/mol. The second-order valence-corrected chi connectivity index (χ2v) is 3.95. The summed E-state index contributed by atoms with van der Waals surface area (Å²) in [6.07, 6.45) is 2.11. The van der Waals surface area contributed by atoms with Crippen LogP contribution in [0.5, 0.6) is 0 Å². The summed E-state index contributed by atoms with van der Waals surface area (Å²) < 4.78 is 0. The second-order valence-electron chi connectivity index (χ2n) is 3.59. The smallest absolute Gasteiger partial charge is 0.338 e. The Morgan fingerprint density at radius 3 is 2.71 bits per heavy atom. The molecule has 92 valence electrons. The molecule has 0 aliphatic heterocycles. The van der Waals surface area contributed by atoms with Gasteiger partial charge in [0, 0.05) is 19.8 Å². The third-order valence-corrected chi connectivity index (χ3v) is 2.52. The summed E-state index contributed by atoms with van der Waals surface area (Å²) in [5.41, 5.74) is 0.0603. The zero-order valence-corrected chi connectivity index (χ0v) is 10.4. The number of carbonyl (C=O) groups excluding carboxylic acids is 1. The minimum Gasteiger partial charge on any atom is -0.478 e. The van der Waals surface area contributed by atoms with Crippen molar-refractivity contribution < 1.29 is 14.7 Å². The molecule has 0 saturated carbocycles. The number of carboxylic acids is 1. The number of hydrogen-bond donors (Lipinski definition) is 1. The average Bonchev–Trinajstić information content (AvgIpc) is 2.28. The Balaban J connectivity index is 3.03. The van der Waals surface area contributed by atoms with E-state index in [-0.39, 0.29) is 22.2 Å². The van der Waals surface area contributed by atoms with Crippen LogP contribution < -0.4 is 0 Å². The van der Waals surface area contributed by atoms with Gasteiger partial charge in [-0.3, -0.25) is 4.79 Å². The fraction of sp³-hybridized carbons (Fsp3) is 0.364. The lowest BCUT2D eigenvalue weighted by Gasteiger charge is -2.16. The van der Waals surface area contributed by atoms with Gasteiger partial charge in [-0.05, 0) is 12.5 Å². The number of halogens is 1. The molecule has 0 fully saturated rings. The Kier molecular flexibility index (Phi) is 4.45. The van der Waals surface area contributed by atoms with Crippen molar-refractivity contribution in [1.29, 1.82) is 0 Å². The molecule has 0 spiro atoms. The molecule has 0 atom stereocenters. The van der Waals surface area contributed by atoms with Gasteiger partial charge in [0.25, 0.3) is 5.91 Å². The van der Waals surface area contributed by atoms with Crippen molar-refractivity contribution in [1.82, 2.24) is 9.88 Å². The van der Waals surface area contributed by atoms with Gasteiger partial charge in [-0.1, -0.05) is 18.5 Å². The Bertz CT molecular complexity index is 448. The Morgan fingerprint density at radius 2 is 2.18 bits per heavy atom. The summed E-state index contributed by atoms with van der Waals surface area (Å²) in [7, 11) is 1.65.